The van der Waals surface area contributed by atoms with Gasteiger partial charge in [0.1, 0.15) is 5.75 Å². The van der Waals surface area contributed by atoms with Crippen molar-refractivity contribution in [3.05, 3.63) is 35.9 Å². The molecule has 0 aromatic heterocycles. The number of hydrogen-bond donors (Lipinski definition) is 1. The maximum atomic E-state index is 13.0. The number of hydrogen-bond acceptors (Lipinski definition) is 6. The molecule has 0 unspecified atom stereocenters. The predicted octanol–water partition coefficient (Wildman–Crippen LogP) is 2.11. The van der Waals surface area contributed by atoms with E-state index in [1.165, 1.54) is 37.7 Å². The van der Waals surface area contributed by atoms with Gasteiger partial charge in [-0.05, 0) is 62.9 Å². The van der Waals surface area contributed by atoms with Crippen molar-refractivity contribution in [1.29, 1.82) is 0 Å². The molecule has 2 aliphatic rings. The van der Waals surface area contributed by atoms with Crippen molar-refractivity contribution in [3.63, 3.8) is 0 Å². The summed E-state index contributed by atoms with van der Waals surface area (Å²) in [5, 5.41) is 2.25. The molecule has 8 heteroatoms. The van der Waals surface area contributed by atoms with E-state index >= 15 is 0 Å². The maximum Gasteiger partial charge on any atom is 0.183 e. The summed E-state index contributed by atoms with van der Waals surface area (Å²) in [5.41, 5.74) is 1.38. The first-order valence-electron chi connectivity index (χ1n) is 9.31. The second-order valence-corrected chi connectivity index (χ2v) is 11.6. The molecule has 1 aromatic rings. The van der Waals surface area contributed by atoms with Crippen molar-refractivity contribution >= 4 is 19.7 Å². The minimum absolute atomic E-state index is 0.132. The molecule has 1 saturated heterocycles. The van der Waals surface area contributed by atoms with Crippen molar-refractivity contribution in [2.45, 2.75) is 48.3 Å². The quantitative estimate of drug-likeness (QED) is 0.689. The monoisotopic (exact) mass is 413 g/mol. The van der Waals surface area contributed by atoms with Crippen molar-refractivity contribution < 1.29 is 21.6 Å². The van der Waals surface area contributed by atoms with Gasteiger partial charge in [-0.3, -0.25) is 0 Å². The molecule has 1 aliphatic heterocycles. The zero-order valence-corrected chi connectivity index (χ0v) is 17.2. The van der Waals surface area contributed by atoms with Crippen LogP contribution in [-0.2, 0) is 19.7 Å². The average Bonchev–Trinajstić information content (AvgIpc) is 2.98. The molecule has 150 valence electrons. The maximum absolute atomic E-state index is 13.0. The van der Waals surface area contributed by atoms with Gasteiger partial charge in [0.25, 0.3) is 0 Å². The first kappa shape index (κ1) is 20.4. The van der Waals surface area contributed by atoms with Crippen LogP contribution < -0.4 is 10.1 Å². The SMILES string of the molecule is COc1ccc(S(=O)(=O)[C@H]2CS(=O)(=O)C[C@@H]2NCCC2=CCCCC2)cc1. The fraction of sp³-hybridized carbons (Fsp3) is 0.579. The van der Waals surface area contributed by atoms with Gasteiger partial charge < -0.3 is 10.1 Å². The van der Waals surface area contributed by atoms with E-state index in [2.05, 4.69) is 11.4 Å². The average molecular weight is 414 g/mol. The minimum Gasteiger partial charge on any atom is -0.497 e. The van der Waals surface area contributed by atoms with Gasteiger partial charge in [-0.25, -0.2) is 16.8 Å². The molecule has 0 bridgehead atoms. The van der Waals surface area contributed by atoms with Crippen molar-refractivity contribution in [2.24, 2.45) is 0 Å². The lowest BCUT2D eigenvalue weighted by atomic mass is 9.97. The van der Waals surface area contributed by atoms with Crippen LogP contribution in [0.1, 0.15) is 32.1 Å². The lowest BCUT2D eigenvalue weighted by molar-refractivity contribution is 0.414. The van der Waals surface area contributed by atoms with Crippen LogP contribution in [0.4, 0.5) is 0 Å². The summed E-state index contributed by atoms with van der Waals surface area (Å²) in [7, 11) is -5.63. The van der Waals surface area contributed by atoms with Crippen LogP contribution in [0.3, 0.4) is 0 Å². The van der Waals surface area contributed by atoms with Crippen LogP contribution in [-0.4, -0.2) is 53.3 Å². The third-order valence-corrected chi connectivity index (χ3v) is 9.49. The lowest BCUT2D eigenvalue weighted by Gasteiger charge is -2.21. The van der Waals surface area contributed by atoms with Crippen LogP contribution in [0.25, 0.3) is 0 Å². The van der Waals surface area contributed by atoms with Crippen LogP contribution in [0, 0.1) is 0 Å². The number of methoxy groups -OCH3 is 1. The Bertz CT molecular complexity index is 889. The molecule has 3 rings (SSSR count). The summed E-state index contributed by atoms with van der Waals surface area (Å²) in [6, 6.07) is 5.53. The Morgan fingerprint density at radius 3 is 2.52 bits per heavy atom. The minimum atomic E-state index is -3.75. The van der Waals surface area contributed by atoms with Gasteiger partial charge >= 0.3 is 0 Å². The molecule has 6 nitrogen and oxygen atoms in total. The van der Waals surface area contributed by atoms with E-state index in [0.29, 0.717) is 12.3 Å². The third kappa shape index (κ3) is 4.92. The van der Waals surface area contributed by atoms with Gasteiger partial charge in [-0.15, -0.1) is 0 Å². The molecule has 2 atom stereocenters. The van der Waals surface area contributed by atoms with Gasteiger partial charge in [0.15, 0.2) is 19.7 Å². The largest absolute Gasteiger partial charge is 0.497 e. The number of benzene rings is 1. The van der Waals surface area contributed by atoms with E-state index in [1.54, 1.807) is 12.1 Å². The smallest absolute Gasteiger partial charge is 0.183 e. The Labute approximate surface area is 161 Å². The van der Waals surface area contributed by atoms with Gasteiger partial charge in [-0.2, -0.15) is 0 Å². The zero-order chi connectivity index (χ0) is 19.5. The molecule has 27 heavy (non-hydrogen) atoms. The van der Waals surface area contributed by atoms with Crippen molar-refractivity contribution in [2.75, 3.05) is 25.2 Å². The van der Waals surface area contributed by atoms with Gasteiger partial charge in [0, 0.05) is 6.04 Å². The standard InChI is InChI=1S/C19H27NO5S2/c1-25-16-7-9-17(10-8-16)27(23,24)19-14-26(21,22)13-18(19)20-12-11-15-5-3-2-4-6-15/h5,7-10,18-20H,2-4,6,11-14H2,1H3/t18-,19-/m0/s1. The molecular weight excluding hydrogens is 386 g/mol. The molecule has 1 aromatic carbocycles. The van der Waals surface area contributed by atoms with E-state index < -0.39 is 31.0 Å². The van der Waals surface area contributed by atoms with Crippen LogP contribution in [0.5, 0.6) is 5.75 Å². The summed E-state index contributed by atoms with van der Waals surface area (Å²) < 4.78 is 55.5. The number of allylic oxidation sites excluding steroid dienone is 1. The highest BCUT2D eigenvalue weighted by Crippen LogP contribution is 2.27. The fourth-order valence-corrected chi connectivity index (χ4v) is 8.52. The molecule has 0 radical (unpaired) electrons. The fourth-order valence-electron chi connectivity index (χ4n) is 3.80. The van der Waals surface area contributed by atoms with Crippen LogP contribution >= 0.6 is 0 Å². The highest BCUT2D eigenvalue weighted by Gasteiger charge is 2.45. The molecule has 1 heterocycles. The van der Waals surface area contributed by atoms with Crippen LogP contribution in [0.15, 0.2) is 40.8 Å². The number of sulfone groups is 2. The molecule has 1 aliphatic carbocycles. The second-order valence-electron chi connectivity index (χ2n) is 7.25. The van der Waals surface area contributed by atoms with E-state index in [9.17, 15) is 16.8 Å². The molecule has 1 N–H and O–H groups in total. The van der Waals surface area contributed by atoms with E-state index in [4.69, 9.17) is 4.74 Å². The predicted molar refractivity (Wildman–Crippen MR) is 106 cm³/mol. The summed E-state index contributed by atoms with van der Waals surface area (Å²) >= 11 is 0. The van der Waals surface area contributed by atoms with Crippen molar-refractivity contribution in [3.8, 4) is 5.75 Å². The number of ether oxygens (including phenoxy) is 1. The lowest BCUT2D eigenvalue weighted by Crippen LogP contribution is -2.43. The Kier molecular flexibility index (Phi) is 6.28. The zero-order valence-electron chi connectivity index (χ0n) is 15.6. The van der Waals surface area contributed by atoms with E-state index in [0.717, 1.165) is 19.3 Å². The highest BCUT2D eigenvalue weighted by atomic mass is 32.2. The molecule has 0 spiro atoms. The molecular formula is C19H27NO5S2. The summed E-state index contributed by atoms with van der Waals surface area (Å²) in [6.07, 6.45) is 7.69. The second kappa shape index (κ2) is 8.32. The third-order valence-electron chi connectivity index (χ3n) is 5.32. The first-order chi connectivity index (χ1) is 12.8. The first-order valence-corrected chi connectivity index (χ1v) is 12.7. The Morgan fingerprint density at radius 1 is 1.15 bits per heavy atom. The summed E-state index contributed by atoms with van der Waals surface area (Å²) in [6.45, 7) is 0.598. The molecule has 1 fully saturated rings. The molecule has 0 amide bonds. The summed E-state index contributed by atoms with van der Waals surface area (Å²) in [5.74, 6) is 0.0943. The van der Waals surface area contributed by atoms with Gasteiger partial charge in [-0.1, -0.05) is 11.6 Å². The Hall–Kier alpha value is -1.38. The Morgan fingerprint density at radius 2 is 1.89 bits per heavy atom. The topological polar surface area (TPSA) is 89.5 Å². The van der Waals surface area contributed by atoms with Gasteiger partial charge in [0.05, 0.1) is 28.8 Å². The van der Waals surface area contributed by atoms with E-state index in [-0.39, 0.29) is 16.4 Å². The van der Waals surface area contributed by atoms with Gasteiger partial charge in [0.2, 0.25) is 0 Å². The van der Waals surface area contributed by atoms with Crippen molar-refractivity contribution in [1.82, 2.24) is 5.32 Å². The van der Waals surface area contributed by atoms with E-state index in [1.807, 2.05) is 0 Å². The normalized spacial score (nSPS) is 25.1. The summed E-state index contributed by atoms with van der Waals surface area (Å²) in [4.78, 5) is 0.132. The van der Waals surface area contributed by atoms with Crippen LogP contribution in [0.2, 0.25) is 0 Å². The number of rotatable bonds is 7. The molecule has 0 saturated carbocycles. The Balaban J connectivity index is 1.73. The highest BCUT2D eigenvalue weighted by molar-refractivity contribution is 7.96. The number of nitrogens with one attached hydrogen (secondary N) is 1.